The summed E-state index contributed by atoms with van der Waals surface area (Å²) in [4.78, 5) is 89.6. The molecule has 630 valence electrons. The molecule has 4 atom stereocenters. The van der Waals surface area contributed by atoms with Crippen LogP contribution in [0, 0.1) is 12.3 Å². The number of nitrogens with zero attached hydrogens (tertiary/aromatic N) is 17. The number of nitrogens with one attached hydrogen (secondary N) is 5. The number of ether oxygens (including phenoxy) is 2. The Bertz CT molecular complexity index is 6730. The van der Waals surface area contributed by atoms with Crippen LogP contribution in [0.15, 0.2) is 227 Å². The Balaban J connectivity index is 0.000000137. The Labute approximate surface area is 707 Å². The number of benzene rings is 3. The van der Waals surface area contributed by atoms with Crippen molar-refractivity contribution in [2.45, 2.75) is 106 Å². The summed E-state index contributed by atoms with van der Waals surface area (Å²) in [6.07, 6.45) is 22.0. The van der Waals surface area contributed by atoms with Crippen LogP contribution in [-0.4, -0.2) is 175 Å². The number of rotatable bonds is 23. The van der Waals surface area contributed by atoms with Crippen LogP contribution < -0.4 is 48.0 Å². The zero-order valence-corrected chi connectivity index (χ0v) is 69.3. The maximum absolute atomic E-state index is 13.8. The average molecular weight is 1740 g/mol. The molecule has 14 aromatic rings. The molecule has 0 bridgehead atoms. The highest BCUT2D eigenvalue weighted by atomic mass is 32.2. The van der Waals surface area contributed by atoms with Gasteiger partial charge in [-0.2, -0.15) is 33.2 Å². The number of aryl methyl sites for hydroxylation is 1. The van der Waals surface area contributed by atoms with E-state index in [4.69, 9.17) is 20.9 Å². The molecule has 3 aromatic carbocycles. The summed E-state index contributed by atoms with van der Waals surface area (Å²) < 4.78 is 122. The fourth-order valence-electron chi connectivity index (χ4n) is 14.7. The number of halogens is 3. The standard InChI is InChI=1S/C30H32N8O3S2.C28H25N7O4S.C26H22F3N7O3S/c1-36-12-3-4-21(16-36)19-7-9-23(10-8-19)33-29-32-15-22-14-24(20-5-6-20)28(39)38(27(22)34-29)17-25-26(18-37(2)35-25)43(40,41)30-31-11-13-42-30;36-26-6-1-19-16-32-28(33-21-2-4-22(5-3-21)39-23-7-11-31-17-23)34-27(19)35(26)18-20-15-30-14-10-25(20)40(37,38)24-8-12-29-13-9-24;1-2-16-11-18-12-33-25(34-19-5-3-17(4-6-19)21-13-30-9-10-39-21)35-22(18)36(24(16)37)14-20-23(32-8-7-31-20)40(38)15-26(27,28)29/h7-11,13-15,18,20-21H,3-6,12,16-17H2,1-2H3,(H,32,33,34);1-6,8-10,12-16,23,31H,7,11,17-18H2,(H,32,33,34);1,3-8,11-12,21,30H,9-10,13-15H2,(H,33,34,35). The van der Waals surface area contributed by atoms with E-state index in [-0.39, 0.29) is 107 Å². The first-order chi connectivity index (χ1) is 59.4. The van der Waals surface area contributed by atoms with Crippen molar-refractivity contribution in [3.8, 4) is 18.1 Å². The second-order valence-corrected chi connectivity index (χ2v) is 35.8. The number of hydrogen-bond acceptors (Lipinski definition) is 29. The van der Waals surface area contributed by atoms with Crippen LogP contribution in [0.2, 0.25) is 0 Å². The largest absolute Gasteiger partial charge is 0.489 e. The number of thiazole rings is 1. The van der Waals surface area contributed by atoms with E-state index < -0.39 is 48.0 Å². The highest BCUT2D eigenvalue weighted by Gasteiger charge is 2.35. The zero-order chi connectivity index (χ0) is 85.5. The van der Waals surface area contributed by atoms with Crippen molar-refractivity contribution in [3.05, 3.63) is 259 Å². The second-order valence-electron chi connectivity index (χ2n) is 29.6. The maximum atomic E-state index is 13.8. The molecule has 14 heterocycles. The lowest BCUT2D eigenvalue weighted by atomic mass is 9.91. The number of likely N-dealkylation sites (tertiary alicyclic amines) is 1. The molecule has 3 saturated heterocycles. The number of likely N-dealkylation sites (N-methyl/N-ethyl adjacent to an activating group) is 1. The van der Waals surface area contributed by atoms with Gasteiger partial charge in [0.1, 0.15) is 45.1 Å². The van der Waals surface area contributed by atoms with Crippen molar-refractivity contribution in [3.63, 3.8) is 0 Å². The van der Waals surface area contributed by atoms with Crippen LogP contribution in [0.3, 0.4) is 0 Å². The maximum Gasteiger partial charge on any atom is 0.400 e. The van der Waals surface area contributed by atoms with Gasteiger partial charge < -0.3 is 41.0 Å². The molecule has 18 rings (SSSR count). The fraction of sp³-hybridized carbons (Fsp3) is 0.274. The van der Waals surface area contributed by atoms with Gasteiger partial charge >= 0.3 is 6.18 Å². The van der Waals surface area contributed by atoms with Gasteiger partial charge in [0.15, 0.2) is 5.03 Å². The highest BCUT2D eigenvalue weighted by Crippen LogP contribution is 2.40. The zero-order valence-electron chi connectivity index (χ0n) is 66.1. The number of anilines is 6. The van der Waals surface area contributed by atoms with E-state index in [0.29, 0.717) is 62.7 Å². The molecular weight excluding hydrogens is 1660 g/mol. The predicted octanol–water partition coefficient (Wildman–Crippen LogP) is 9.93. The number of sulfone groups is 2. The van der Waals surface area contributed by atoms with Crippen LogP contribution in [0.1, 0.15) is 89.2 Å². The summed E-state index contributed by atoms with van der Waals surface area (Å²) in [7, 11) is -6.48. The van der Waals surface area contributed by atoms with Crippen LogP contribution in [0.5, 0.6) is 5.75 Å². The van der Waals surface area contributed by atoms with Gasteiger partial charge in [0.25, 0.3) is 16.7 Å². The van der Waals surface area contributed by atoms with Crippen molar-refractivity contribution >= 4 is 110 Å². The minimum Gasteiger partial charge on any atom is -0.489 e. The Morgan fingerprint density at radius 1 is 0.618 bits per heavy atom. The molecule has 3 aliphatic heterocycles. The Morgan fingerprint density at radius 2 is 1.24 bits per heavy atom. The van der Waals surface area contributed by atoms with Crippen molar-refractivity contribution < 1.29 is 43.7 Å². The molecule has 11 aromatic heterocycles. The first-order valence-corrected chi connectivity index (χ1v) is 44.3. The molecule has 32 nitrogen and oxygen atoms in total. The molecule has 4 aliphatic rings. The minimum atomic E-state index is -4.68. The van der Waals surface area contributed by atoms with Crippen molar-refractivity contribution in [1.29, 1.82) is 0 Å². The lowest BCUT2D eigenvalue weighted by Gasteiger charge is -2.30. The number of hydrogen-bond donors (Lipinski definition) is 5. The van der Waals surface area contributed by atoms with Crippen LogP contribution in [0.4, 0.5) is 48.1 Å². The lowest BCUT2D eigenvalue weighted by Crippen LogP contribution is -2.33. The molecule has 0 spiro atoms. The molecule has 5 N–H and O–H groups in total. The van der Waals surface area contributed by atoms with Crippen LogP contribution >= 0.6 is 11.3 Å². The molecule has 0 amide bonds. The Hall–Kier alpha value is -12.8. The van der Waals surface area contributed by atoms with E-state index in [9.17, 15) is 48.6 Å². The van der Waals surface area contributed by atoms with Gasteiger partial charge in [-0.15, -0.1) is 17.8 Å². The third kappa shape index (κ3) is 19.6. The van der Waals surface area contributed by atoms with E-state index in [1.165, 1.54) is 112 Å². The number of aromatic nitrogens is 16. The van der Waals surface area contributed by atoms with Gasteiger partial charge in [-0.25, -0.2) is 41.8 Å². The molecule has 4 fully saturated rings. The van der Waals surface area contributed by atoms with E-state index in [1.54, 1.807) is 30.9 Å². The van der Waals surface area contributed by atoms with Crippen molar-refractivity contribution in [2.75, 3.05) is 74.6 Å². The molecule has 39 heteroatoms. The summed E-state index contributed by atoms with van der Waals surface area (Å²) in [6, 6.07) is 34.1. The highest BCUT2D eigenvalue weighted by molar-refractivity contribution is 7.93. The first kappa shape index (κ1) is 83.8. The Morgan fingerprint density at radius 3 is 1.87 bits per heavy atom. The molecule has 0 radical (unpaired) electrons. The molecule has 1 saturated carbocycles. The number of terminal acetylenes is 1. The van der Waals surface area contributed by atoms with Gasteiger partial charge in [-0.3, -0.25) is 51.9 Å². The van der Waals surface area contributed by atoms with Crippen molar-refractivity contribution in [2.24, 2.45) is 7.05 Å². The second kappa shape index (κ2) is 36.5. The lowest BCUT2D eigenvalue weighted by molar-refractivity contribution is -0.105. The van der Waals surface area contributed by atoms with E-state index in [1.807, 2.05) is 66.7 Å². The number of morpholine rings is 1. The van der Waals surface area contributed by atoms with Gasteiger partial charge in [0.05, 0.1) is 64.2 Å². The van der Waals surface area contributed by atoms with Gasteiger partial charge in [0.2, 0.25) is 41.9 Å². The SMILES string of the molecule is C#Cc1cc2cnc(Nc3ccc(C4CNCCO4)cc3)nc2n(Cc2nccnc2S(=O)CC(F)(F)F)c1=O.CN1CCCC(c2ccc(Nc3ncc4cc(C5CC5)c(=O)n(Cc5nn(C)cc5S(=O)(=O)c5nccs5)c4n3)cc2)C1.O=c1ccc2cnc(Nc3ccc(OC4CCNC4)cc3)nc2n1Cc1cnccc1S(=O)(=O)c1ccncc1. The number of pyridine rings is 5. The summed E-state index contributed by atoms with van der Waals surface area (Å²) in [5, 5.41) is 23.5. The molecule has 123 heavy (non-hydrogen) atoms. The Kier molecular flexibility index (Phi) is 24.9. The molecule has 4 unspecified atom stereocenters. The quantitative estimate of drug-likeness (QED) is 0.0372. The van der Waals surface area contributed by atoms with Crippen LogP contribution in [0.25, 0.3) is 33.1 Å². The summed E-state index contributed by atoms with van der Waals surface area (Å²) in [5.74, 6) is 2.99. The van der Waals surface area contributed by atoms with E-state index >= 15 is 0 Å². The third-order valence-corrected chi connectivity index (χ3v) is 27.1. The van der Waals surface area contributed by atoms with Gasteiger partial charge in [-0.1, -0.05) is 30.2 Å². The van der Waals surface area contributed by atoms with E-state index in [0.717, 1.165) is 103 Å². The third-order valence-electron chi connectivity index (χ3n) is 20.8. The smallest absolute Gasteiger partial charge is 0.400 e. The topological polar surface area (TPSA) is 393 Å². The molecular formula is C84H79F3N22O10S4. The predicted molar refractivity (Wildman–Crippen MR) is 455 cm³/mol. The summed E-state index contributed by atoms with van der Waals surface area (Å²) >= 11 is 1.05. The molecule has 1 aliphatic carbocycles. The van der Waals surface area contributed by atoms with Crippen molar-refractivity contribution in [1.82, 2.24) is 93.8 Å². The average Bonchev–Trinajstić information content (AvgIpc) is 1.67. The summed E-state index contributed by atoms with van der Waals surface area (Å²) in [5.41, 5.74) is 5.60. The minimum absolute atomic E-state index is 0.00586. The summed E-state index contributed by atoms with van der Waals surface area (Å²) in [6.45, 7) is 5.68. The monoisotopic (exact) mass is 1740 g/mol. The normalized spacial score (nSPS) is 16.5. The van der Waals surface area contributed by atoms with Gasteiger partial charge in [0, 0.05) is 157 Å². The van der Waals surface area contributed by atoms with Crippen LogP contribution in [-0.2, 0) is 61.9 Å². The van der Waals surface area contributed by atoms with E-state index in [2.05, 4.69) is 112 Å². The fourth-order valence-corrected chi connectivity index (χ4v) is 19.5. The number of alkyl halides is 3. The number of fused-ring (bicyclic) bond motifs is 3. The van der Waals surface area contributed by atoms with Gasteiger partial charge in [-0.05, 0) is 160 Å². The number of piperidine rings is 1. The first-order valence-electron chi connectivity index (χ1n) is 39.1.